The molecule has 0 amide bonds. The van der Waals surface area contributed by atoms with Gasteiger partial charge in [0.05, 0.1) is 0 Å². The van der Waals surface area contributed by atoms with Crippen LogP contribution in [0, 0.1) is 0 Å². The Morgan fingerprint density at radius 1 is 0.682 bits per heavy atom. The van der Waals surface area contributed by atoms with Crippen molar-refractivity contribution in [3.8, 4) is 22.3 Å². The first-order chi connectivity index (χ1) is 10.8. The minimum atomic E-state index is 0.620. The summed E-state index contributed by atoms with van der Waals surface area (Å²) in [4.78, 5) is 0. The highest BCUT2D eigenvalue weighted by Crippen LogP contribution is 2.38. The molecule has 2 aliphatic heterocycles. The molecule has 5 rings (SSSR count). The summed E-state index contributed by atoms with van der Waals surface area (Å²) in [6, 6.07) is 22.4. The van der Waals surface area contributed by atoms with E-state index in [0.29, 0.717) is 6.71 Å². The van der Waals surface area contributed by atoms with Crippen molar-refractivity contribution in [3.05, 3.63) is 76.3 Å². The lowest BCUT2D eigenvalue weighted by Gasteiger charge is -2.33. The van der Waals surface area contributed by atoms with E-state index in [2.05, 4.69) is 76.6 Å². The van der Waals surface area contributed by atoms with Crippen molar-refractivity contribution in [1.29, 1.82) is 0 Å². The van der Waals surface area contributed by atoms with Crippen molar-refractivity contribution < 1.29 is 0 Å². The largest absolute Gasteiger partial charge is 0.186 e. The molecule has 104 valence electrons. The smallest absolute Gasteiger partial charge is 0.0640 e. The molecular weight excluding hydrogens is 331 g/mol. The molecule has 2 aliphatic rings. The molecule has 0 aliphatic carbocycles. The summed E-state index contributed by atoms with van der Waals surface area (Å²) >= 11 is 3.63. The van der Waals surface area contributed by atoms with Crippen LogP contribution in [0.1, 0.15) is 11.1 Å². The van der Waals surface area contributed by atoms with Gasteiger partial charge in [-0.15, -0.1) is 0 Å². The van der Waals surface area contributed by atoms with E-state index in [4.69, 9.17) is 0 Å². The summed E-state index contributed by atoms with van der Waals surface area (Å²) in [6.07, 6.45) is 2.32. The Morgan fingerprint density at radius 2 is 1.36 bits per heavy atom. The Morgan fingerprint density at radius 3 is 2.23 bits per heavy atom. The van der Waals surface area contributed by atoms with Gasteiger partial charge < -0.3 is 0 Å². The highest BCUT2D eigenvalue weighted by Gasteiger charge is 2.33. The van der Waals surface area contributed by atoms with Crippen LogP contribution in [0.15, 0.2) is 65.1 Å². The fourth-order valence-corrected chi connectivity index (χ4v) is 4.58. The van der Waals surface area contributed by atoms with Gasteiger partial charge in [-0.3, -0.25) is 0 Å². The van der Waals surface area contributed by atoms with Crippen LogP contribution in [0.3, 0.4) is 0 Å². The molecule has 0 saturated carbocycles. The Labute approximate surface area is 139 Å². The van der Waals surface area contributed by atoms with Gasteiger partial charge in [-0.1, -0.05) is 69.9 Å². The van der Waals surface area contributed by atoms with Gasteiger partial charge in [0.1, 0.15) is 0 Å². The van der Waals surface area contributed by atoms with E-state index in [-0.39, 0.29) is 0 Å². The highest BCUT2D eigenvalue weighted by molar-refractivity contribution is 9.10. The summed E-state index contributed by atoms with van der Waals surface area (Å²) in [7, 11) is 0. The van der Waals surface area contributed by atoms with Gasteiger partial charge in [-0.25, -0.2) is 0 Å². The first kappa shape index (κ1) is 12.7. The molecule has 0 saturated heterocycles. The molecule has 2 heteroatoms. The van der Waals surface area contributed by atoms with Crippen molar-refractivity contribution in [1.82, 2.24) is 0 Å². The van der Waals surface area contributed by atoms with Gasteiger partial charge in [-0.2, -0.15) is 0 Å². The molecule has 0 atom stereocenters. The molecule has 22 heavy (non-hydrogen) atoms. The van der Waals surface area contributed by atoms with E-state index in [9.17, 15) is 0 Å². The van der Waals surface area contributed by atoms with Crippen LogP contribution in [0.5, 0.6) is 0 Å². The fraction of sp³-hybridized carbons (Fsp3) is 0.100. The van der Waals surface area contributed by atoms with Gasteiger partial charge in [-0.05, 0) is 58.2 Å². The maximum atomic E-state index is 3.63. The van der Waals surface area contributed by atoms with Gasteiger partial charge >= 0.3 is 0 Å². The minimum Gasteiger partial charge on any atom is -0.0640 e. The quantitative estimate of drug-likeness (QED) is 0.519. The van der Waals surface area contributed by atoms with E-state index in [0.717, 1.165) is 12.6 Å². The molecule has 0 radical (unpaired) electrons. The summed E-state index contributed by atoms with van der Waals surface area (Å²) in [5, 5.41) is 0. The maximum Gasteiger partial charge on any atom is 0.186 e. The molecule has 0 N–H and O–H groups in total. The summed E-state index contributed by atoms with van der Waals surface area (Å²) < 4.78 is 1.17. The zero-order chi connectivity index (χ0) is 14.7. The molecule has 3 aromatic rings. The van der Waals surface area contributed by atoms with Crippen molar-refractivity contribution in [2.24, 2.45) is 0 Å². The zero-order valence-corrected chi connectivity index (χ0v) is 13.7. The van der Waals surface area contributed by atoms with E-state index in [1.54, 1.807) is 5.46 Å². The van der Waals surface area contributed by atoms with Crippen molar-refractivity contribution in [3.63, 3.8) is 0 Å². The van der Waals surface area contributed by atoms with Gasteiger partial charge in [0.15, 0.2) is 6.71 Å². The van der Waals surface area contributed by atoms with Gasteiger partial charge in [0, 0.05) is 4.47 Å². The maximum absolute atomic E-state index is 3.63. The lowest BCUT2D eigenvalue weighted by atomic mass is 9.33. The Balaban J connectivity index is 1.85. The summed E-state index contributed by atoms with van der Waals surface area (Å²) in [5.74, 6) is 0. The lowest BCUT2D eigenvalue weighted by Crippen LogP contribution is -2.43. The Bertz CT molecular complexity index is 913. The van der Waals surface area contributed by atoms with Crippen LogP contribution < -0.4 is 5.46 Å². The average molecular weight is 345 g/mol. The molecular formula is C20H14BBr. The van der Waals surface area contributed by atoms with Crippen LogP contribution in [-0.4, -0.2) is 6.71 Å². The predicted molar refractivity (Wildman–Crippen MR) is 97.8 cm³/mol. The topological polar surface area (TPSA) is 0 Å². The van der Waals surface area contributed by atoms with E-state index in [1.807, 2.05) is 0 Å². The van der Waals surface area contributed by atoms with E-state index >= 15 is 0 Å². The third-order valence-corrected chi connectivity index (χ3v) is 5.61. The number of fused-ring (bicyclic) bond motifs is 4. The van der Waals surface area contributed by atoms with Crippen LogP contribution in [0.2, 0.25) is 0 Å². The minimum absolute atomic E-state index is 0.620. The number of rotatable bonds is 0. The van der Waals surface area contributed by atoms with Crippen LogP contribution >= 0.6 is 15.9 Å². The van der Waals surface area contributed by atoms with Gasteiger partial charge in [0.2, 0.25) is 0 Å². The average Bonchev–Trinajstić information content (AvgIpc) is 2.56. The molecule has 2 heterocycles. The highest BCUT2D eigenvalue weighted by atomic mass is 79.9. The van der Waals surface area contributed by atoms with Crippen LogP contribution in [0.4, 0.5) is 0 Å². The molecule has 0 unspecified atom stereocenters. The third-order valence-electron chi connectivity index (χ3n) is 5.12. The number of halogens is 1. The number of hydrogen-bond acceptors (Lipinski definition) is 0. The second kappa shape index (κ2) is 4.60. The summed E-state index contributed by atoms with van der Waals surface area (Å²) in [6.45, 7) is 0.620. The third kappa shape index (κ3) is 1.71. The molecule has 3 aromatic carbocycles. The first-order valence-electron chi connectivity index (χ1n) is 7.81. The van der Waals surface area contributed by atoms with E-state index in [1.165, 1.54) is 37.9 Å². The van der Waals surface area contributed by atoms with Crippen molar-refractivity contribution >= 4 is 28.1 Å². The fourth-order valence-electron chi connectivity index (χ4n) is 4.22. The molecule has 0 nitrogen and oxygen atoms in total. The monoisotopic (exact) mass is 344 g/mol. The van der Waals surface area contributed by atoms with Crippen molar-refractivity contribution in [2.45, 2.75) is 12.6 Å². The molecule has 0 fully saturated rings. The van der Waals surface area contributed by atoms with Crippen LogP contribution in [-0.2, 0) is 12.6 Å². The number of benzene rings is 3. The van der Waals surface area contributed by atoms with Gasteiger partial charge in [0.25, 0.3) is 0 Å². The molecule has 0 spiro atoms. The second-order valence-corrected chi connectivity index (χ2v) is 7.25. The predicted octanol–water partition coefficient (Wildman–Crippen LogP) is 4.68. The van der Waals surface area contributed by atoms with Crippen LogP contribution in [0.25, 0.3) is 22.3 Å². The SMILES string of the molecule is Brc1ccc2c(c1)-c1cccc3c1B(Cc1ccccc1-3)C2. The zero-order valence-electron chi connectivity index (χ0n) is 12.1. The second-order valence-electron chi connectivity index (χ2n) is 6.33. The molecule has 0 aromatic heterocycles. The van der Waals surface area contributed by atoms with E-state index < -0.39 is 0 Å². The normalized spacial score (nSPS) is 14.1. The number of hydrogen-bond donors (Lipinski definition) is 0. The molecule has 0 bridgehead atoms. The standard InChI is InChI=1S/C20H14BBr/c22-15-9-8-14-12-21-11-13-4-1-2-5-16(13)17-6-3-7-18(20(17)21)19(14)10-15/h1-10H,11-12H2. The Hall–Kier alpha value is -1.80. The Kier molecular flexibility index (Phi) is 2.66. The summed E-state index contributed by atoms with van der Waals surface area (Å²) in [5.41, 5.74) is 10.2. The van der Waals surface area contributed by atoms with Crippen molar-refractivity contribution in [2.75, 3.05) is 0 Å². The first-order valence-corrected chi connectivity index (χ1v) is 8.60. The lowest BCUT2D eigenvalue weighted by molar-refractivity contribution is 1.24.